The normalized spacial score (nSPS) is 26.9. The molecule has 1 saturated carbocycles. The summed E-state index contributed by atoms with van der Waals surface area (Å²) in [5, 5.41) is 9.04. The summed E-state index contributed by atoms with van der Waals surface area (Å²) < 4.78 is 5.93. The Balaban J connectivity index is 2.15. The van der Waals surface area contributed by atoms with Crippen LogP contribution in [0.1, 0.15) is 43.5 Å². The Morgan fingerprint density at radius 1 is 1.26 bits per heavy atom. The molecule has 1 aromatic carbocycles. The summed E-state index contributed by atoms with van der Waals surface area (Å²) in [7, 11) is 0. The summed E-state index contributed by atoms with van der Waals surface area (Å²) >= 11 is 0. The van der Waals surface area contributed by atoms with Gasteiger partial charge in [-0.25, -0.2) is 4.79 Å². The summed E-state index contributed by atoms with van der Waals surface area (Å²) in [6.45, 7) is 4.45. The molecule has 19 heavy (non-hydrogen) atoms. The van der Waals surface area contributed by atoms with Gasteiger partial charge in [0.1, 0.15) is 5.75 Å². The van der Waals surface area contributed by atoms with Crippen LogP contribution in [0.25, 0.3) is 0 Å². The molecule has 4 heteroatoms. The Morgan fingerprint density at radius 3 is 2.47 bits per heavy atom. The van der Waals surface area contributed by atoms with Crippen molar-refractivity contribution in [2.45, 2.75) is 39.2 Å². The summed E-state index contributed by atoms with van der Waals surface area (Å²) in [6, 6.07) is 4.91. The number of aromatic carboxylic acids is 1. The molecule has 2 rings (SSSR count). The molecule has 0 heterocycles. The van der Waals surface area contributed by atoms with Crippen molar-refractivity contribution in [3.63, 3.8) is 0 Å². The quantitative estimate of drug-likeness (QED) is 0.821. The Kier molecular flexibility index (Phi) is 3.98. The first kappa shape index (κ1) is 13.7. The van der Waals surface area contributed by atoms with Gasteiger partial charge in [-0.15, -0.1) is 0 Å². The molecule has 2 unspecified atom stereocenters. The minimum Gasteiger partial charge on any atom is -0.488 e. The molecule has 2 atom stereocenters. The van der Waals surface area contributed by atoms with Crippen LogP contribution in [-0.4, -0.2) is 17.2 Å². The molecule has 0 amide bonds. The van der Waals surface area contributed by atoms with Crippen LogP contribution in [0.2, 0.25) is 0 Å². The smallest absolute Gasteiger partial charge is 0.337 e. The number of hydrogen-bond donors (Lipinski definition) is 2. The van der Waals surface area contributed by atoms with E-state index in [0.717, 1.165) is 12.8 Å². The molecular weight excluding hydrogens is 242 g/mol. The lowest BCUT2D eigenvalue weighted by Gasteiger charge is -2.32. The van der Waals surface area contributed by atoms with E-state index < -0.39 is 5.97 Å². The lowest BCUT2D eigenvalue weighted by molar-refractivity contribution is 0.0695. The van der Waals surface area contributed by atoms with Gasteiger partial charge < -0.3 is 15.6 Å². The van der Waals surface area contributed by atoms with Crippen LogP contribution < -0.4 is 10.5 Å². The highest BCUT2D eigenvalue weighted by Gasteiger charge is 2.26. The third kappa shape index (κ3) is 3.19. The van der Waals surface area contributed by atoms with Crippen LogP contribution in [0.4, 0.5) is 5.69 Å². The van der Waals surface area contributed by atoms with E-state index in [1.165, 1.54) is 12.5 Å². The minimum absolute atomic E-state index is 0.106. The summed E-state index contributed by atoms with van der Waals surface area (Å²) in [5.41, 5.74) is 6.19. The van der Waals surface area contributed by atoms with E-state index in [1.807, 2.05) is 0 Å². The fraction of sp³-hybridized carbons (Fsp3) is 0.533. The maximum Gasteiger partial charge on any atom is 0.337 e. The van der Waals surface area contributed by atoms with Gasteiger partial charge in [-0.05, 0) is 43.2 Å². The predicted molar refractivity (Wildman–Crippen MR) is 74.4 cm³/mol. The molecule has 1 aliphatic carbocycles. The molecule has 1 fully saturated rings. The van der Waals surface area contributed by atoms with E-state index >= 15 is 0 Å². The molecular formula is C15H21NO3. The molecule has 0 bridgehead atoms. The topological polar surface area (TPSA) is 72.5 Å². The number of carbonyl (C=O) groups is 1. The number of benzene rings is 1. The Bertz CT molecular complexity index is 462. The molecule has 3 N–H and O–H groups in total. The standard InChI is InChI=1S/C15H21NO3/c1-9-6-10(2)8-11(7-9)19-13-5-3-4-12(14(13)16)15(17)18/h3-5,9-11H,6-8,16H2,1-2H3,(H,17,18). The highest BCUT2D eigenvalue weighted by atomic mass is 16.5. The zero-order valence-corrected chi connectivity index (χ0v) is 11.4. The zero-order chi connectivity index (χ0) is 14.0. The molecule has 0 saturated heterocycles. The fourth-order valence-electron chi connectivity index (χ4n) is 2.98. The van der Waals surface area contributed by atoms with Crippen molar-refractivity contribution in [2.24, 2.45) is 11.8 Å². The van der Waals surface area contributed by atoms with Gasteiger partial charge in [0.15, 0.2) is 0 Å². The molecule has 0 spiro atoms. The number of carboxylic acid groups (broad SMARTS) is 1. The predicted octanol–water partition coefficient (Wildman–Crippen LogP) is 3.17. The average Bonchev–Trinajstić information content (AvgIpc) is 2.30. The lowest BCUT2D eigenvalue weighted by Crippen LogP contribution is -2.28. The van der Waals surface area contributed by atoms with Crippen molar-refractivity contribution in [3.05, 3.63) is 23.8 Å². The van der Waals surface area contributed by atoms with Crippen molar-refractivity contribution >= 4 is 11.7 Å². The van der Waals surface area contributed by atoms with E-state index in [0.29, 0.717) is 17.6 Å². The van der Waals surface area contributed by atoms with Gasteiger partial charge in [-0.1, -0.05) is 19.9 Å². The van der Waals surface area contributed by atoms with Gasteiger partial charge in [0.25, 0.3) is 0 Å². The molecule has 4 nitrogen and oxygen atoms in total. The van der Waals surface area contributed by atoms with Crippen LogP contribution in [0, 0.1) is 11.8 Å². The second-order valence-electron chi connectivity index (χ2n) is 5.68. The number of anilines is 1. The maximum absolute atomic E-state index is 11.0. The van der Waals surface area contributed by atoms with Crippen LogP contribution in [0.3, 0.4) is 0 Å². The van der Waals surface area contributed by atoms with Crippen molar-refractivity contribution in [1.29, 1.82) is 0 Å². The highest BCUT2D eigenvalue weighted by Crippen LogP contribution is 2.33. The lowest BCUT2D eigenvalue weighted by atomic mass is 9.82. The number of para-hydroxylation sites is 1. The Morgan fingerprint density at radius 2 is 1.89 bits per heavy atom. The Hall–Kier alpha value is -1.71. The number of hydrogen-bond acceptors (Lipinski definition) is 3. The Labute approximate surface area is 113 Å². The highest BCUT2D eigenvalue weighted by molar-refractivity contribution is 5.95. The summed E-state index contributed by atoms with van der Waals surface area (Å²) in [5.74, 6) is 0.745. The SMILES string of the molecule is CC1CC(C)CC(Oc2cccc(C(=O)O)c2N)C1. The molecule has 104 valence electrons. The maximum atomic E-state index is 11.0. The van der Waals surface area contributed by atoms with Gasteiger partial charge in [0, 0.05) is 0 Å². The first-order valence-corrected chi connectivity index (χ1v) is 6.75. The van der Waals surface area contributed by atoms with Gasteiger partial charge in [0.2, 0.25) is 0 Å². The average molecular weight is 263 g/mol. The molecule has 0 aromatic heterocycles. The first-order valence-electron chi connectivity index (χ1n) is 6.75. The van der Waals surface area contributed by atoms with Crippen molar-refractivity contribution < 1.29 is 14.6 Å². The first-order chi connectivity index (χ1) is 8.97. The monoisotopic (exact) mass is 263 g/mol. The van der Waals surface area contributed by atoms with Gasteiger partial charge >= 0.3 is 5.97 Å². The van der Waals surface area contributed by atoms with E-state index in [1.54, 1.807) is 12.1 Å². The zero-order valence-electron chi connectivity index (χ0n) is 11.4. The summed E-state index contributed by atoms with van der Waals surface area (Å²) in [4.78, 5) is 11.0. The number of nitrogens with two attached hydrogens (primary N) is 1. The second kappa shape index (κ2) is 5.51. The largest absolute Gasteiger partial charge is 0.488 e. The van der Waals surface area contributed by atoms with Crippen LogP contribution in [-0.2, 0) is 0 Å². The van der Waals surface area contributed by atoms with Crippen LogP contribution in [0.5, 0.6) is 5.75 Å². The number of carboxylic acids is 1. The molecule has 1 aliphatic rings. The number of ether oxygens (including phenoxy) is 1. The van der Waals surface area contributed by atoms with Crippen LogP contribution >= 0.6 is 0 Å². The van der Waals surface area contributed by atoms with E-state index in [4.69, 9.17) is 15.6 Å². The van der Waals surface area contributed by atoms with E-state index in [-0.39, 0.29) is 17.4 Å². The second-order valence-corrected chi connectivity index (χ2v) is 5.68. The van der Waals surface area contributed by atoms with Crippen molar-refractivity contribution in [3.8, 4) is 5.75 Å². The number of nitrogen functional groups attached to an aromatic ring is 1. The molecule has 0 radical (unpaired) electrons. The fourth-order valence-corrected chi connectivity index (χ4v) is 2.98. The van der Waals surface area contributed by atoms with Gasteiger partial charge in [-0.2, -0.15) is 0 Å². The third-order valence-electron chi connectivity index (χ3n) is 3.73. The van der Waals surface area contributed by atoms with Crippen molar-refractivity contribution in [1.82, 2.24) is 0 Å². The molecule has 0 aliphatic heterocycles. The minimum atomic E-state index is -1.02. The van der Waals surface area contributed by atoms with Crippen molar-refractivity contribution in [2.75, 3.05) is 5.73 Å². The summed E-state index contributed by atoms with van der Waals surface area (Å²) in [6.07, 6.45) is 3.36. The molecule has 1 aromatic rings. The van der Waals surface area contributed by atoms with E-state index in [2.05, 4.69) is 13.8 Å². The van der Waals surface area contributed by atoms with E-state index in [9.17, 15) is 4.79 Å². The van der Waals surface area contributed by atoms with Gasteiger partial charge in [0.05, 0.1) is 17.4 Å². The van der Waals surface area contributed by atoms with Crippen LogP contribution in [0.15, 0.2) is 18.2 Å². The number of rotatable bonds is 3. The van der Waals surface area contributed by atoms with Gasteiger partial charge in [-0.3, -0.25) is 0 Å². The third-order valence-corrected chi connectivity index (χ3v) is 3.73.